The van der Waals surface area contributed by atoms with Crippen LogP contribution in [0.2, 0.25) is 0 Å². The summed E-state index contributed by atoms with van der Waals surface area (Å²) in [5, 5.41) is 10.9. The van der Waals surface area contributed by atoms with Gasteiger partial charge in [-0.1, -0.05) is 0 Å². The number of rotatable bonds is 5. The van der Waals surface area contributed by atoms with Gasteiger partial charge < -0.3 is 15.2 Å². The Hall–Kier alpha value is -1.33. The zero-order valence-corrected chi connectivity index (χ0v) is 9.75. The van der Waals surface area contributed by atoms with Crippen LogP contribution in [0.4, 0.5) is 9.18 Å². The number of carbonyl (C=O) groups is 2. The van der Waals surface area contributed by atoms with E-state index in [4.69, 9.17) is 9.84 Å². The summed E-state index contributed by atoms with van der Waals surface area (Å²) in [6, 6.07) is -1.11. The number of alkyl carbamates (subject to hydrolysis) is 1. The van der Waals surface area contributed by atoms with Crippen LogP contribution in [-0.2, 0) is 9.53 Å². The van der Waals surface area contributed by atoms with Crippen LogP contribution >= 0.6 is 0 Å². The number of hydrogen-bond donors (Lipinski definition) is 2. The molecule has 0 rings (SSSR count). The summed E-state index contributed by atoms with van der Waals surface area (Å²) in [4.78, 5) is 22.0. The minimum Gasteiger partial charge on any atom is -0.480 e. The monoisotopic (exact) mass is 235 g/mol. The molecule has 0 unspecified atom stereocenters. The van der Waals surface area contributed by atoms with Crippen molar-refractivity contribution < 1.29 is 23.8 Å². The molecule has 0 saturated heterocycles. The van der Waals surface area contributed by atoms with Gasteiger partial charge in [0.15, 0.2) is 0 Å². The molecule has 0 aromatic heterocycles. The molecule has 0 aliphatic carbocycles. The molecule has 1 amide bonds. The fraction of sp³-hybridized carbons (Fsp3) is 0.800. The fourth-order valence-electron chi connectivity index (χ4n) is 0.988. The molecule has 0 aliphatic heterocycles. The summed E-state index contributed by atoms with van der Waals surface area (Å²) in [6.45, 7) is 4.40. The van der Waals surface area contributed by atoms with E-state index >= 15 is 0 Å². The Morgan fingerprint density at radius 2 is 2.00 bits per heavy atom. The van der Waals surface area contributed by atoms with E-state index in [9.17, 15) is 14.0 Å². The highest BCUT2D eigenvalue weighted by Crippen LogP contribution is 2.07. The first-order valence-corrected chi connectivity index (χ1v) is 5.04. The molecule has 6 heteroatoms. The van der Waals surface area contributed by atoms with E-state index in [1.807, 2.05) is 0 Å². The normalized spacial score (nSPS) is 13.0. The van der Waals surface area contributed by atoms with Gasteiger partial charge in [-0.25, -0.2) is 9.59 Å². The first kappa shape index (κ1) is 14.7. The van der Waals surface area contributed by atoms with Crippen LogP contribution in [0.1, 0.15) is 33.6 Å². The van der Waals surface area contributed by atoms with Gasteiger partial charge in [-0.15, -0.1) is 0 Å². The van der Waals surface area contributed by atoms with Crippen molar-refractivity contribution in [2.45, 2.75) is 45.3 Å². The lowest BCUT2D eigenvalue weighted by Gasteiger charge is -2.21. The first-order valence-electron chi connectivity index (χ1n) is 5.04. The van der Waals surface area contributed by atoms with Crippen LogP contribution in [0.5, 0.6) is 0 Å². The molecule has 5 nitrogen and oxygen atoms in total. The van der Waals surface area contributed by atoms with Gasteiger partial charge in [0.05, 0.1) is 6.67 Å². The Morgan fingerprint density at radius 3 is 2.38 bits per heavy atom. The summed E-state index contributed by atoms with van der Waals surface area (Å²) < 4.78 is 16.8. The smallest absolute Gasteiger partial charge is 0.408 e. The van der Waals surface area contributed by atoms with Crippen molar-refractivity contribution in [2.24, 2.45) is 0 Å². The van der Waals surface area contributed by atoms with Crippen molar-refractivity contribution >= 4 is 12.1 Å². The van der Waals surface area contributed by atoms with Crippen LogP contribution in [0.15, 0.2) is 0 Å². The highest BCUT2D eigenvalue weighted by molar-refractivity contribution is 5.79. The van der Waals surface area contributed by atoms with Crippen molar-refractivity contribution in [2.75, 3.05) is 6.67 Å². The maximum Gasteiger partial charge on any atom is 0.408 e. The number of ether oxygens (including phenoxy) is 1. The van der Waals surface area contributed by atoms with Crippen LogP contribution in [-0.4, -0.2) is 35.5 Å². The third-order valence-corrected chi connectivity index (χ3v) is 1.62. The van der Waals surface area contributed by atoms with Crippen LogP contribution < -0.4 is 5.32 Å². The SMILES string of the molecule is CC(C)(C)OC(=O)N[C@@H](CCCF)C(=O)O. The van der Waals surface area contributed by atoms with Gasteiger partial charge in [0, 0.05) is 0 Å². The summed E-state index contributed by atoms with van der Waals surface area (Å²) in [5.41, 5.74) is -0.687. The topological polar surface area (TPSA) is 75.6 Å². The fourth-order valence-corrected chi connectivity index (χ4v) is 0.988. The number of nitrogens with one attached hydrogen (secondary N) is 1. The van der Waals surface area contributed by atoms with Gasteiger partial charge in [-0.05, 0) is 33.6 Å². The second-order valence-electron chi connectivity index (χ2n) is 4.37. The molecule has 0 radical (unpaired) electrons. The predicted molar refractivity (Wildman–Crippen MR) is 56.0 cm³/mol. The van der Waals surface area contributed by atoms with Crippen molar-refractivity contribution in [1.82, 2.24) is 5.32 Å². The van der Waals surface area contributed by atoms with Gasteiger partial charge in [-0.2, -0.15) is 0 Å². The van der Waals surface area contributed by atoms with Gasteiger partial charge >= 0.3 is 12.1 Å². The molecule has 16 heavy (non-hydrogen) atoms. The molecule has 0 aromatic carbocycles. The Kier molecular flexibility index (Phi) is 5.77. The van der Waals surface area contributed by atoms with E-state index < -0.39 is 30.4 Å². The molecular weight excluding hydrogens is 217 g/mol. The van der Waals surface area contributed by atoms with Crippen LogP contribution in [0.3, 0.4) is 0 Å². The molecule has 0 heterocycles. The molecule has 0 aromatic rings. The Morgan fingerprint density at radius 1 is 1.44 bits per heavy atom. The van der Waals surface area contributed by atoms with E-state index in [1.165, 1.54) is 0 Å². The zero-order valence-electron chi connectivity index (χ0n) is 9.75. The van der Waals surface area contributed by atoms with Crippen LogP contribution in [0, 0.1) is 0 Å². The lowest BCUT2D eigenvalue weighted by atomic mass is 10.1. The molecule has 0 spiro atoms. The number of carbonyl (C=O) groups excluding carboxylic acids is 1. The number of halogens is 1. The molecule has 0 saturated carbocycles. The van der Waals surface area contributed by atoms with Gasteiger partial charge in [0.1, 0.15) is 11.6 Å². The van der Waals surface area contributed by atoms with Crippen molar-refractivity contribution in [1.29, 1.82) is 0 Å². The second kappa shape index (κ2) is 6.30. The molecule has 2 N–H and O–H groups in total. The number of hydrogen-bond acceptors (Lipinski definition) is 3. The third kappa shape index (κ3) is 7.03. The summed E-state index contributed by atoms with van der Waals surface area (Å²) in [7, 11) is 0. The van der Waals surface area contributed by atoms with E-state index in [0.717, 1.165) is 0 Å². The van der Waals surface area contributed by atoms with E-state index in [1.54, 1.807) is 20.8 Å². The number of carboxylic acid groups (broad SMARTS) is 1. The Labute approximate surface area is 94.0 Å². The predicted octanol–water partition coefficient (Wildman–Crippen LogP) is 1.71. The molecule has 1 atom stereocenters. The second-order valence-corrected chi connectivity index (χ2v) is 4.37. The Bertz CT molecular complexity index is 250. The highest BCUT2D eigenvalue weighted by Gasteiger charge is 2.23. The van der Waals surface area contributed by atoms with Gasteiger partial charge in [0.25, 0.3) is 0 Å². The number of aliphatic carboxylic acids is 1. The summed E-state index contributed by atoms with van der Waals surface area (Å²) >= 11 is 0. The van der Waals surface area contributed by atoms with Crippen molar-refractivity contribution in [3.63, 3.8) is 0 Å². The van der Waals surface area contributed by atoms with Crippen LogP contribution in [0.25, 0.3) is 0 Å². The van der Waals surface area contributed by atoms with E-state index in [0.29, 0.717) is 0 Å². The molecule has 94 valence electrons. The quantitative estimate of drug-likeness (QED) is 0.760. The minimum absolute atomic E-state index is 0.0467. The molecule has 0 aliphatic rings. The average molecular weight is 235 g/mol. The zero-order chi connectivity index (χ0) is 12.8. The third-order valence-electron chi connectivity index (χ3n) is 1.62. The molecule has 0 bridgehead atoms. The number of carboxylic acids is 1. The van der Waals surface area contributed by atoms with Crippen molar-refractivity contribution in [3.8, 4) is 0 Å². The Balaban J connectivity index is 4.19. The molecule has 0 fully saturated rings. The standard InChI is InChI=1S/C10H18FNO4/c1-10(2,3)16-9(15)12-7(8(13)14)5-4-6-11/h7H,4-6H2,1-3H3,(H,12,15)(H,13,14)/t7-/m0/s1. The lowest BCUT2D eigenvalue weighted by Crippen LogP contribution is -2.43. The number of alkyl halides is 1. The first-order chi connectivity index (χ1) is 7.26. The number of amides is 1. The molecular formula is C10H18FNO4. The lowest BCUT2D eigenvalue weighted by molar-refractivity contribution is -0.139. The van der Waals surface area contributed by atoms with E-state index in [-0.39, 0.29) is 12.8 Å². The summed E-state index contributed by atoms with van der Waals surface area (Å²) in [5.74, 6) is -1.20. The van der Waals surface area contributed by atoms with Gasteiger partial charge in [-0.3, -0.25) is 4.39 Å². The average Bonchev–Trinajstić information content (AvgIpc) is 2.08. The maximum atomic E-state index is 11.9. The van der Waals surface area contributed by atoms with Crippen molar-refractivity contribution in [3.05, 3.63) is 0 Å². The minimum atomic E-state index is -1.20. The maximum absolute atomic E-state index is 11.9. The highest BCUT2D eigenvalue weighted by atomic mass is 19.1. The van der Waals surface area contributed by atoms with Gasteiger partial charge in [0.2, 0.25) is 0 Å². The largest absolute Gasteiger partial charge is 0.480 e. The summed E-state index contributed by atoms with van der Waals surface area (Å²) in [6.07, 6.45) is -0.670. The van der Waals surface area contributed by atoms with E-state index in [2.05, 4.69) is 5.32 Å².